The van der Waals surface area contributed by atoms with Crippen LogP contribution in [0.2, 0.25) is 0 Å². The SMILES string of the molecule is CC(C)(C)n1cc(C(=O)N2CCC[C@H]2c2noc(C3CC3)n2)cn1. The number of nitrogens with zero attached hydrogens (tertiary/aromatic N) is 5. The van der Waals surface area contributed by atoms with Crippen LogP contribution in [0.4, 0.5) is 0 Å². The van der Waals surface area contributed by atoms with Crippen molar-refractivity contribution in [3.63, 3.8) is 0 Å². The van der Waals surface area contributed by atoms with E-state index < -0.39 is 0 Å². The highest BCUT2D eigenvalue weighted by molar-refractivity contribution is 5.94. The van der Waals surface area contributed by atoms with Gasteiger partial charge in [-0.3, -0.25) is 9.48 Å². The minimum absolute atomic E-state index is 0.00854. The van der Waals surface area contributed by atoms with E-state index in [4.69, 9.17) is 4.52 Å². The van der Waals surface area contributed by atoms with Crippen LogP contribution in [-0.4, -0.2) is 37.3 Å². The number of hydrogen-bond donors (Lipinski definition) is 0. The Morgan fingerprint density at radius 2 is 2.08 bits per heavy atom. The van der Waals surface area contributed by atoms with Gasteiger partial charge in [-0.2, -0.15) is 10.1 Å². The van der Waals surface area contributed by atoms with E-state index in [1.54, 1.807) is 6.20 Å². The Labute approximate surface area is 141 Å². The number of carbonyl (C=O) groups is 1. The van der Waals surface area contributed by atoms with E-state index in [2.05, 4.69) is 36.0 Å². The first-order valence-corrected chi connectivity index (χ1v) is 8.63. The summed E-state index contributed by atoms with van der Waals surface area (Å²) in [4.78, 5) is 19.3. The predicted octanol–water partition coefficient (Wildman–Crippen LogP) is 2.88. The van der Waals surface area contributed by atoms with Gasteiger partial charge < -0.3 is 9.42 Å². The summed E-state index contributed by atoms with van der Waals surface area (Å²) in [5, 5.41) is 8.46. The van der Waals surface area contributed by atoms with E-state index in [0.717, 1.165) is 38.1 Å². The van der Waals surface area contributed by atoms with Crippen molar-refractivity contribution in [2.75, 3.05) is 6.54 Å². The molecule has 7 heteroatoms. The Kier molecular flexibility index (Phi) is 3.47. The molecular formula is C17H23N5O2. The molecule has 1 atom stereocenters. The third-order valence-electron chi connectivity index (χ3n) is 4.71. The topological polar surface area (TPSA) is 77.0 Å². The van der Waals surface area contributed by atoms with Crippen LogP contribution in [0, 0.1) is 0 Å². The lowest BCUT2D eigenvalue weighted by atomic mass is 10.1. The molecule has 2 aliphatic rings. The van der Waals surface area contributed by atoms with Crippen molar-refractivity contribution in [2.45, 2.75) is 64.0 Å². The van der Waals surface area contributed by atoms with Crippen molar-refractivity contribution >= 4 is 5.91 Å². The average molecular weight is 329 g/mol. The van der Waals surface area contributed by atoms with Gasteiger partial charge in [-0.1, -0.05) is 5.16 Å². The van der Waals surface area contributed by atoms with Crippen molar-refractivity contribution in [1.82, 2.24) is 24.8 Å². The van der Waals surface area contributed by atoms with Crippen LogP contribution < -0.4 is 0 Å². The maximum Gasteiger partial charge on any atom is 0.257 e. The Balaban J connectivity index is 1.55. The van der Waals surface area contributed by atoms with Crippen molar-refractivity contribution in [3.8, 4) is 0 Å². The number of aromatic nitrogens is 4. The smallest absolute Gasteiger partial charge is 0.257 e. The zero-order valence-corrected chi connectivity index (χ0v) is 14.4. The van der Waals surface area contributed by atoms with Crippen LogP contribution in [0.15, 0.2) is 16.9 Å². The van der Waals surface area contributed by atoms with Crippen molar-refractivity contribution in [1.29, 1.82) is 0 Å². The van der Waals surface area contributed by atoms with Crippen molar-refractivity contribution in [2.24, 2.45) is 0 Å². The first-order valence-electron chi connectivity index (χ1n) is 8.63. The van der Waals surface area contributed by atoms with Gasteiger partial charge in [0.1, 0.15) is 0 Å². The van der Waals surface area contributed by atoms with Gasteiger partial charge in [0.2, 0.25) is 5.89 Å². The molecule has 1 saturated carbocycles. The van der Waals surface area contributed by atoms with Crippen LogP contribution in [-0.2, 0) is 5.54 Å². The quantitative estimate of drug-likeness (QED) is 0.865. The zero-order valence-electron chi connectivity index (χ0n) is 14.4. The summed E-state index contributed by atoms with van der Waals surface area (Å²) in [7, 11) is 0. The molecule has 0 radical (unpaired) electrons. The zero-order chi connectivity index (χ0) is 16.9. The lowest BCUT2D eigenvalue weighted by Gasteiger charge is -2.22. The van der Waals surface area contributed by atoms with Crippen LogP contribution >= 0.6 is 0 Å². The number of amides is 1. The van der Waals surface area contributed by atoms with Crippen molar-refractivity contribution in [3.05, 3.63) is 29.7 Å². The highest BCUT2D eigenvalue weighted by Gasteiger charge is 2.36. The Morgan fingerprint density at radius 3 is 2.75 bits per heavy atom. The highest BCUT2D eigenvalue weighted by atomic mass is 16.5. The molecule has 2 aromatic heterocycles. The lowest BCUT2D eigenvalue weighted by Crippen LogP contribution is -2.31. The minimum Gasteiger partial charge on any atom is -0.339 e. The molecule has 128 valence electrons. The van der Waals surface area contributed by atoms with Crippen LogP contribution in [0.1, 0.15) is 80.5 Å². The molecule has 3 heterocycles. The van der Waals surface area contributed by atoms with Gasteiger partial charge in [-0.15, -0.1) is 0 Å². The molecule has 1 aliphatic heterocycles. The number of rotatable bonds is 3. The summed E-state index contributed by atoms with van der Waals surface area (Å²) in [5.74, 6) is 1.79. The first kappa shape index (κ1) is 15.4. The monoisotopic (exact) mass is 329 g/mol. The second-order valence-electron chi connectivity index (χ2n) is 7.77. The summed E-state index contributed by atoms with van der Waals surface area (Å²) < 4.78 is 7.19. The number of hydrogen-bond acceptors (Lipinski definition) is 5. The summed E-state index contributed by atoms with van der Waals surface area (Å²) in [6, 6.07) is -0.0910. The van der Waals surface area contributed by atoms with Gasteiger partial charge in [0.15, 0.2) is 5.82 Å². The second kappa shape index (κ2) is 5.43. The highest BCUT2D eigenvalue weighted by Crippen LogP contribution is 2.40. The van der Waals surface area contributed by atoms with Crippen LogP contribution in [0.25, 0.3) is 0 Å². The molecule has 0 bridgehead atoms. The van der Waals surface area contributed by atoms with Crippen molar-refractivity contribution < 1.29 is 9.32 Å². The van der Waals surface area contributed by atoms with Gasteiger partial charge in [0.05, 0.1) is 23.3 Å². The third-order valence-corrected chi connectivity index (χ3v) is 4.71. The van der Waals surface area contributed by atoms with Crippen LogP contribution in [0.5, 0.6) is 0 Å². The molecule has 0 unspecified atom stereocenters. The van der Waals surface area contributed by atoms with Gasteiger partial charge in [-0.05, 0) is 46.5 Å². The van der Waals surface area contributed by atoms with E-state index in [0.29, 0.717) is 17.3 Å². The fraction of sp³-hybridized carbons (Fsp3) is 0.647. The summed E-state index contributed by atoms with van der Waals surface area (Å²) in [6.07, 6.45) is 7.56. The largest absolute Gasteiger partial charge is 0.339 e. The molecule has 2 aromatic rings. The molecule has 1 aliphatic carbocycles. The number of carbonyl (C=O) groups excluding carboxylic acids is 1. The molecule has 2 fully saturated rings. The van der Waals surface area contributed by atoms with Crippen LogP contribution in [0.3, 0.4) is 0 Å². The standard InChI is InChI=1S/C17H23N5O2/c1-17(2,3)22-10-12(9-18-22)16(23)21-8-4-5-13(21)14-19-15(24-20-14)11-6-7-11/h9-11,13H,4-8H2,1-3H3/t13-/m0/s1. The van der Waals surface area contributed by atoms with Gasteiger partial charge in [0.25, 0.3) is 5.91 Å². The second-order valence-corrected chi connectivity index (χ2v) is 7.77. The van der Waals surface area contributed by atoms with Gasteiger partial charge in [-0.25, -0.2) is 0 Å². The predicted molar refractivity (Wildman–Crippen MR) is 86.5 cm³/mol. The Hall–Kier alpha value is -2.18. The lowest BCUT2D eigenvalue weighted by molar-refractivity contribution is 0.0728. The van der Waals surface area contributed by atoms with E-state index in [1.165, 1.54) is 0 Å². The molecule has 0 spiro atoms. The molecule has 1 amide bonds. The summed E-state index contributed by atoms with van der Waals surface area (Å²) in [5.41, 5.74) is 0.471. The molecule has 7 nitrogen and oxygen atoms in total. The normalized spacial score (nSPS) is 21.5. The van der Waals surface area contributed by atoms with Gasteiger partial charge >= 0.3 is 0 Å². The maximum atomic E-state index is 12.9. The Bertz CT molecular complexity index is 753. The fourth-order valence-corrected chi connectivity index (χ4v) is 3.12. The first-order chi connectivity index (χ1) is 11.4. The molecule has 4 rings (SSSR count). The molecule has 0 aromatic carbocycles. The van der Waals surface area contributed by atoms with E-state index in [-0.39, 0.29) is 17.5 Å². The van der Waals surface area contributed by atoms with E-state index >= 15 is 0 Å². The van der Waals surface area contributed by atoms with E-state index in [1.807, 2.05) is 15.8 Å². The van der Waals surface area contributed by atoms with Gasteiger partial charge in [0, 0.05) is 18.7 Å². The summed E-state index contributed by atoms with van der Waals surface area (Å²) in [6.45, 7) is 6.90. The fourth-order valence-electron chi connectivity index (χ4n) is 3.12. The molecular weight excluding hydrogens is 306 g/mol. The minimum atomic E-state index is -0.143. The number of likely N-dealkylation sites (tertiary alicyclic amines) is 1. The molecule has 0 N–H and O–H groups in total. The maximum absolute atomic E-state index is 12.9. The molecule has 24 heavy (non-hydrogen) atoms. The molecule has 1 saturated heterocycles. The third kappa shape index (κ3) is 2.72. The Morgan fingerprint density at radius 1 is 1.29 bits per heavy atom. The van der Waals surface area contributed by atoms with E-state index in [9.17, 15) is 4.79 Å². The summed E-state index contributed by atoms with van der Waals surface area (Å²) >= 11 is 0. The average Bonchev–Trinajstić information content (AvgIpc) is 3.02.